The second kappa shape index (κ2) is 5.55. The van der Waals surface area contributed by atoms with Crippen molar-refractivity contribution in [1.82, 2.24) is 15.1 Å². The van der Waals surface area contributed by atoms with Gasteiger partial charge in [-0.2, -0.15) is 0 Å². The molecule has 5 nitrogen and oxygen atoms in total. The van der Waals surface area contributed by atoms with Crippen LogP contribution in [-0.2, 0) is 9.53 Å². The molecule has 0 amide bonds. The molecule has 0 saturated carbocycles. The Balaban J connectivity index is 2.19. The van der Waals surface area contributed by atoms with Gasteiger partial charge < -0.3 is 15.0 Å². The van der Waals surface area contributed by atoms with Crippen molar-refractivity contribution in [1.29, 1.82) is 0 Å². The first-order chi connectivity index (χ1) is 8.60. The molecule has 0 aliphatic carbocycles. The number of nitrogens with zero attached hydrogens (tertiary/aromatic N) is 2. The van der Waals surface area contributed by atoms with Gasteiger partial charge in [0.25, 0.3) is 0 Å². The summed E-state index contributed by atoms with van der Waals surface area (Å²) in [5.74, 6) is -0.0388. The van der Waals surface area contributed by atoms with E-state index in [-0.39, 0.29) is 5.97 Å². The summed E-state index contributed by atoms with van der Waals surface area (Å²) in [6.45, 7) is 9.09. The van der Waals surface area contributed by atoms with Gasteiger partial charge in [-0.3, -0.25) is 4.90 Å². The van der Waals surface area contributed by atoms with Gasteiger partial charge in [-0.1, -0.05) is 0 Å². The number of rotatable bonds is 3. The van der Waals surface area contributed by atoms with Gasteiger partial charge in [0.05, 0.1) is 6.61 Å². The Morgan fingerprint density at radius 3 is 2.61 bits per heavy atom. The molecule has 0 radical (unpaired) electrons. The van der Waals surface area contributed by atoms with Gasteiger partial charge in [0.1, 0.15) is 5.54 Å². The first-order valence-corrected chi connectivity index (χ1v) is 6.93. The van der Waals surface area contributed by atoms with Crippen LogP contribution in [0.15, 0.2) is 0 Å². The molecule has 0 bridgehead atoms. The van der Waals surface area contributed by atoms with E-state index in [0.717, 1.165) is 39.1 Å². The largest absolute Gasteiger partial charge is 0.465 e. The lowest BCUT2D eigenvalue weighted by Gasteiger charge is -2.41. The molecule has 18 heavy (non-hydrogen) atoms. The zero-order valence-electron chi connectivity index (χ0n) is 11.7. The Bertz CT molecular complexity index is 293. The van der Waals surface area contributed by atoms with Gasteiger partial charge in [-0.25, -0.2) is 4.79 Å². The van der Waals surface area contributed by atoms with Crippen molar-refractivity contribution in [3.63, 3.8) is 0 Å². The summed E-state index contributed by atoms with van der Waals surface area (Å²) in [6, 6.07) is 0.435. The van der Waals surface area contributed by atoms with E-state index in [9.17, 15) is 4.79 Å². The number of ether oxygens (including phenoxy) is 1. The van der Waals surface area contributed by atoms with Gasteiger partial charge in [-0.15, -0.1) is 0 Å². The Kier molecular flexibility index (Phi) is 4.25. The third-order valence-electron chi connectivity index (χ3n) is 4.27. The van der Waals surface area contributed by atoms with Crippen molar-refractivity contribution in [3.05, 3.63) is 0 Å². The van der Waals surface area contributed by atoms with Crippen molar-refractivity contribution < 1.29 is 9.53 Å². The van der Waals surface area contributed by atoms with Crippen molar-refractivity contribution in [2.24, 2.45) is 0 Å². The van der Waals surface area contributed by atoms with E-state index in [1.54, 1.807) is 0 Å². The number of carbonyl (C=O) groups excluding carboxylic acids is 1. The van der Waals surface area contributed by atoms with E-state index in [2.05, 4.69) is 29.1 Å². The van der Waals surface area contributed by atoms with Crippen LogP contribution in [0.1, 0.15) is 20.3 Å². The number of hydrogen-bond acceptors (Lipinski definition) is 5. The number of likely N-dealkylation sites (tertiary alicyclic amines) is 1. The highest BCUT2D eigenvalue weighted by Crippen LogP contribution is 2.33. The molecule has 2 aliphatic heterocycles. The Labute approximate surface area is 109 Å². The summed E-state index contributed by atoms with van der Waals surface area (Å²) in [4.78, 5) is 17.0. The first kappa shape index (κ1) is 13.8. The van der Waals surface area contributed by atoms with E-state index < -0.39 is 5.54 Å². The summed E-state index contributed by atoms with van der Waals surface area (Å²) in [5, 5.41) is 3.34. The van der Waals surface area contributed by atoms with Crippen molar-refractivity contribution in [2.45, 2.75) is 31.8 Å². The van der Waals surface area contributed by atoms with E-state index in [0.29, 0.717) is 12.6 Å². The Hall–Kier alpha value is -0.650. The molecule has 2 saturated heterocycles. The van der Waals surface area contributed by atoms with Gasteiger partial charge in [0.15, 0.2) is 0 Å². The summed E-state index contributed by atoms with van der Waals surface area (Å²) < 4.78 is 5.35. The van der Waals surface area contributed by atoms with E-state index in [1.807, 2.05) is 6.92 Å². The molecule has 2 atom stereocenters. The lowest BCUT2D eigenvalue weighted by molar-refractivity contribution is -0.157. The number of carbonyl (C=O) groups is 1. The van der Waals surface area contributed by atoms with Crippen LogP contribution in [0.25, 0.3) is 0 Å². The van der Waals surface area contributed by atoms with Crippen LogP contribution in [0.4, 0.5) is 0 Å². The van der Waals surface area contributed by atoms with Crippen LogP contribution in [-0.4, -0.2) is 73.7 Å². The lowest BCUT2D eigenvalue weighted by atomic mass is 9.93. The average Bonchev–Trinajstić information content (AvgIpc) is 2.68. The van der Waals surface area contributed by atoms with Gasteiger partial charge in [-0.05, 0) is 27.3 Å². The smallest absolute Gasteiger partial charge is 0.327 e. The normalized spacial score (nSPS) is 34.7. The minimum atomic E-state index is -0.424. The maximum absolute atomic E-state index is 12.4. The topological polar surface area (TPSA) is 44.8 Å². The second-order valence-electron chi connectivity index (χ2n) is 5.46. The van der Waals surface area contributed by atoms with Crippen LogP contribution in [0, 0.1) is 0 Å². The predicted octanol–water partition coefficient (Wildman–Crippen LogP) is -0.0825. The molecule has 1 N–H and O–H groups in total. The zero-order chi connectivity index (χ0) is 13.2. The molecule has 0 aromatic heterocycles. The quantitative estimate of drug-likeness (QED) is 0.715. The minimum absolute atomic E-state index is 0.0388. The van der Waals surface area contributed by atoms with E-state index in [1.165, 1.54) is 0 Å². The molecule has 5 heteroatoms. The molecule has 0 aromatic rings. The maximum Gasteiger partial charge on any atom is 0.327 e. The summed E-state index contributed by atoms with van der Waals surface area (Å²) in [7, 11) is 2.09. The fourth-order valence-electron chi connectivity index (χ4n) is 3.14. The van der Waals surface area contributed by atoms with Gasteiger partial charge in [0, 0.05) is 38.8 Å². The number of nitrogens with one attached hydrogen (secondary N) is 1. The first-order valence-electron chi connectivity index (χ1n) is 6.93. The second-order valence-corrected chi connectivity index (χ2v) is 5.46. The monoisotopic (exact) mass is 255 g/mol. The average molecular weight is 255 g/mol. The molecule has 0 spiro atoms. The SMILES string of the molecule is CCOC(=O)C1(N2CCNCC2)CC(C)N(C)C1. The molecule has 2 fully saturated rings. The predicted molar refractivity (Wildman–Crippen MR) is 70.5 cm³/mol. The van der Waals surface area contributed by atoms with Crippen molar-refractivity contribution >= 4 is 5.97 Å². The summed E-state index contributed by atoms with van der Waals surface area (Å²) >= 11 is 0. The fraction of sp³-hybridized carbons (Fsp3) is 0.923. The molecule has 2 heterocycles. The zero-order valence-corrected chi connectivity index (χ0v) is 11.7. The lowest BCUT2D eigenvalue weighted by Crippen LogP contribution is -2.61. The summed E-state index contributed by atoms with van der Waals surface area (Å²) in [6.07, 6.45) is 0.877. The molecule has 104 valence electrons. The fourth-order valence-corrected chi connectivity index (χ4v) is 3.14. The van der Waals surface area contributed by atoms with Gasteiger partial charge >= 0.3 is 5.97 Å². The molecular formula is C13H25N3O2. The molecule has 2 unspecified atom stereocenters. The highest BCUT2D eigenvalue weighted by atomic mass is 16.5. The van der Waals surface area contributed by atoms with Crippen LogP contribution in [0.5, 0.6) is 0 Å². The molecular weight excluding hydrogens is 230 g/mol. The highest BCUT2D eigenvalue weighted by Gasteiger charge is 2.52. The third-order valence-corrected chi connectivity index (χ3v) is 4.27. The highest BCUT2D eigenvalue weighted by molar-refractivity contribution is 5.82. The Morgan fingerprint density at radius 1 is 1.44 bits per heavy atom. The number of likely N-dealkylation sites (N-methyl/N-ethyl adjacent to an activating group) is 1. The van der Waals surface area contributed by atoms with E-state index >= 15 is 0 Å². The van der Waals surface area contributed by atoms with E-state index in [4.69, 9.17) is 4.74 Å². The Morgan fingerprint density at radius 2 is 2.11 bits per heavy atom. The van der Waals surface area contributed by atoms with Gasteiger partial charge in [0.2, 0.25) is 0 Å². The van der Waals surface area contributed by atoms with Crippen LogP contribution < -0.4 is 5.32 Å². The number of hydrogen-bond donors (Lipinski definition) is 1. The standard InChI is InChI=1S/C13H25N3O2/c1-4-18-12(17)13(9-11(2)15(3)10-13)16-7-5-14-6-8-16/h11,14H,4-10H2,1-3H3. The van der Waals surface area contributed by atoms with Crippen molar-refractivity contribution in [2.75, 3.05) is 46.4 Å². The van der Waals surface area contributed by atoms with Crippen molar-refractivity contribution in [3.8, 4) is 0 Å². The molecule has 0 aromatic carbocycles. The van der Waals surface area contributed by atoms with Crippen LogP contribution >= 0.6 is 0 Å². The van der Waals surface area contributed by atoms with Crippen LogP contribution in [0.2, 0.25) is 0 Å². The minimum Gasteiger partial charge on any atom is -0.465 e. The molecule has 2 aliphatic rings. The van der Waals surface area contributed by atoms with Crippen LogP contribution in [0.3, 0.4) is 0 Å². The molecule has 2 rings (SSSR count). The maximum atomic E-state index is 12.4. The third kappa shape index (κ3) is 2.39. The number of piperazine rings is 1. The number of esters is 1. The summed E-state index contributed by atoms with van der Waals surface area (Å²) in [5.41, 5.74) is -0.424.